The Morgan fingerprint density at radius 3 is 2.80 bits per heavy atom. The topological polar surface area (TPSA) is 130 Å². The number of aromatic nitrogens is 4. The lowest BCUT2D eigenvalue weighted by Gasteiger charge is -2.32. The van der Waals surface area contributed by atoms with E-state index in [4.69, 9.17) is 0 Å². The Bertz CT molecular complexity index is 1580. The van der Waals surface area contributed by atoms with E-state index in [-0.39, 0.29) is 22.1 Å². The lowest BCUT2D eigenvalue weighted by atomic mass is 10.1. The summed E-state index contributed by atoms with van der Waals surface area (Å²) in [6.45, 7) is 2.38. The summed E-state index contributed by atoms with van der Waals surface area (Å²) in [4.78, 5) is 32.0. The maximum atomic E-state index is 13.2. The number of carbonyl (C=O) groups excluding carboxylic acids is 1. The summed E-state index contributed by atoms with van der Waals surface area (Å²) in [5.41, 5.74) is 1.19. The molecule has 180 valence electrons. The van der Waals surface area contributed by atoms with Gasteiger partial charge in [-0.2, -0.15) is 9.40 Å². The molecular formula is C24H24N6O4S. The Labute approximate surface area is 201 Å². The Hall–Kier alpha value is -3.83. The molecule has 1 unspecified atom stereocenters. The number of amides is 1. The van der Waals surface area contributed by atoms with E-state index in [0.717, 1.165) is 19.3 Å². The number of benzene rings is 2. The van der Waals surface area contributed by atoms with Crippen molar-refractivity contribution in [1.82, 2.24) is 24.1 Å². The smallest absolute Gasteiger partial charge is 0.261 e. The number of aromatic amines is 1. The summed E-state index contributed by atoms with van der Waals surface area (Å²) >= 11 is 0. The molecule has 0 radical (unpaired) electrons. The van der Waals surface area contributed by atoms with Crippen molar-refractivity contribution in [3.8, 4) is 5.69 Å². The molecule has 4 aromatic rings. The van der Waals surface area contributed by atoms with Crippen molar-refractivity contribution in [1.29, 1.82) is 0 Å². The molecular weight excluding hydrogens is 468 g/mol. The van der Waals surface area contributed by atoms with Gasteiger partial charge in [-0.15, -0.1) is 0 Å². The van der Waals surface area contributed by atoms with Crippen molar-refractivity contribution in [3.05, 3.63) is 77.0 Å². The minimum Gasteiger partial charge on any atom is -0.320 e. The SMILES string of the molecule is CC1CCCCN1S(=O)(=O)c1cccc(C(=O)Nc2ccccc2-n2ncc3c(=O)[nH]cnc32)c1. The number of rotatable bonds is 5. The summed E-state index contributed by atoms with van der Waals surface area (Å²) in [5, 5.41) is 7.43. The molecule has 0 spiro atoms. The molecule has 1 amide bonds. The number of hydrogen-bond donors (Lipinski definition) is 2. The van der Waals surface area contributed by atoms with E-state index in [1.54, 1.807) is 36.4 Å². The van der Waals surface area contributed by atoms with Crippen LogP contribution in [0.5, 0.6) is 0 Å². The van der Waals surface area contributed by atoms with Gasteiger partial charge >= 0.3 is 0 Å². The van der Waals surface area contributed by atoms with Crippen LogP contribution in [-0.4, -0.2) is 51.0 Å². The molecule has 0 saturated carbocycles. The highest BCUT2D eigenvalue weighted by Gasteiger charge is 2.31. The van der Waals surface area contributed by atoms with Crippen molar-refractivity contribution in [2.75, 3.05) is 11.9 Å². The molecule has 1 aliphatic heterocycles. The fourth-order valence-electron chi connectivity index (χ4n) is 4.35. The van der Waals surface area contributed by atoms with Gasteiger partial charge in [0.1, 0.15) is 5.39 Å². The van der Waals surface area contributed by atoms with Gasteiger partial charge in [0.25, 0.3) is 11.5 Å². The highest BCUT2D eigenvalue weighted by Crippen LogP contribution is 2.27. The minimum atomic E-state index is -3.71. The molecule has 11 heteroatoms. The van der Waals surface area contributed by atoms with Crippen LogP contribution in [0.1, 0.15) is 36.5 Å². The Kier molecular flexibility index (Phi) is 5.95. The van der Waals surface area contributed by atoms with E-state index in [0.29, 0.717) is 29.0 Å². The summed E-state index contributed by atoms with van der Waals surface area (Å²) in [6, 6.07) is 12.9. The first-order chi connectivity index (χ1) is 16.9. The number of nitrogens with zero attached hydrogens (tertiary/aromatic N) is 4. The predicted molar refractivity (Wildman–Crippen MR) is 131 cm³/mol. The van der Waals surface area contributed by atoms with E-state index >= 15 is 0 Å². The van der Waals surface area contributed by atoms with Crippen molar-refractivity contribution in [3.63, 3.8) is 0 Å². The largest absolute Gasteiger partial charge is 0.320 e. The predicted octanol–water partition coefficient (Wildman–Crippen LogP) is 2.92. The molecule has 0 bridgehead atoms. The number of sulfonamides is 1. The van der Waals surface area contributed by atoms with Crippen LogP contribution < -0.4 is 10.9 Å². The van der Waals surface area contributed by atoms with Crippen molar-refractivity contribution < 1.29 is 13.2 Å². The van der Waals surface area contributed by atoms with Crippen LogP contribution in [0.15, 0.2) is 70.7 Å². The molecule has 1 fully saturated rings. The second kappa shape index (κ2) is 9.08. The third-order valence-corrected chi connectivity index (χ3v) is 8.21. The quantitative estimate of drug-likeness (QED) is 0.441. The van der Waals surface area contributed by atoms with Crippen LogP contribution in [0, 0.1) is 0 Å². The summed E-state index contributed by atoms with van der Waals surface area (Å²) in [7, 11) is -3.71. The summed E-state index contributed by atoms with van der Waals surface area (Å²) in [6.07, 6.45) is 5.35. The number of nitrogens with one attached hydrogen (secondary N) is 2. The van der Waals surface area contributed by atoms with E-state index in [1.807, 2.05) is 6.92 Å². The third-order valence-electron chi connectivity index (χ3n) is 6.20. The van der Waals surface area contributed by atoms with Gasteiger partial charge in [0.2, 0.25) is 10.0 Å². The Morgan fingerprint density at radius 1 is 1.14 bits per heavy atom. The highest BCUT2D eigenvalue weighted by atomic mass is 32.2. The van der Waals surface area contributed by atoms with Gasteiger partial charge in [-0.1, -0.05) is 24.6 Å². The van der Waals surface area contributed by atoms with Crippen LogP contribution in [0.4, 0.5) is 5.69 Å². The van der Waals surface area contributed by atoms with E-state index in [9.17, 15) is 18.0 Å². The van der Waals surface area contributed by atoms with E-state index in [1.165, 1.54) is 33.6 Å². The average Bonchev–Trinajstić information content (AvgIpc) is 3.30. The lowest BCUT2D eigenvalue weighted by Crippen LogP contribution is -2.41. The minimum absolute atomic E-state index is 0.0807. The molecule has 5 rings (SSSR count). The number of carbonyl (C=O) groups is 1. The fourth-order valence-corrected chi connectivity index (χ4v) is 6.10. The van der Waals surface area contributed by atoms with Gasteiger partial charge in [-0.25, -0.2) is 18.1 Å². The van der Waals surface area contributed by atoms with Crippen LogP contribution in [0.3, 0.4) is 0 Å². The maximum absolute atomic E-state index is 13.2. The van der Waals surface area contributed by atoms with Gasteiger partial charge < -0.3 is 10.3 Å². The zero-order chi connectivity index (χ0) is 24.6. The van der Waals surface area contributed by atoms with E-state index < -0.39 is 15.9 Å². The van der Waals surface area contributed by atoms with Crippen LogP contribution in [0.2, 0.25) is 0 Å². The van der Waals surface area contributed by atoms with Gasteiger partial charge in [0.15, 0.2) is 5.65 Å². The number of anilines is 1. The molecule has 0 aliphatic carbocycles. The van der Waals surface area contributed by atoms with Crippen molar-refractivity contribution in [2.24, 2.45) is 0 Å². The summed E-state index contributed by atoms with van der Waals surface area (Å²) in [5.74, 6) is -0.469. The molecule has 2 aromatic heterocycles. The Balaban J connectivity index is 1.46. The van der Waals surface area contributed by atoms with E-state index in [2.05, 4.69) is 20.4 Å². The van der Waals surface area contributed by atoms with Crippen LogP contribution in [-0.2, 0) is 10.0 Å². The second-order valence-electron chi connectivity index (χ2n) is 8.48. The molecule has 2 N–H and O–H groups in total. The average molecular weight is 493 g/mol. The van der Waals surface area contributed by atoms with Crippen LogP contribution >= 0.6 is 0 Å². The number of fused-ring (bicyclic) bond motifs is 1. The first kappa shape index (κ1) is 22.9. The summed E-state index contributed by atoms with van der Waals surface area (Å²) < 4.78 is 29.5. The molecule has 1 aliphatic rings. The first-order valence-corrected chi connectivity index (χ1v) is 12.7. The normalized spacial score (nSPS) is 16.9. The molecule has 3 heterocycles. The molecule has 1 saturated heterocycles. The molecule has 1 atom stereocenters. The fraction of sp³-hybridized carbons (Fsp3) is 0.250. The number of hydrogen-bond acceptors (Lipinski definition) is 6. The maximum Gasteiger partial charge on any atom is 0.261 e. The highest BCUT2D eigenvalue weighted by molar-refractivity contribution is 7.89. The van der Waals surface area contributed by atoms with Gasteiger partial charge in [-0.3, -0.25) is 9.59 Å². The van der Waals surface area contributed by atoms with Crippen LogP contribution in [0.25, 0.3) is 16.7 Å². The third kappa shape index (κ3) is 4.24. The standard InChI is InChI=1S/C24H24N6O4S/c1-16-7-4-5-12-29(16)35(33,34)18-9-6-8-17(13-18)23(31)28-20-10-2-3-11-21(20)30-22-19(14-27-30)24(32)26-15-25-22/h2-3,6,8-11,13-16H,4-5,7,12H2,1H3,(H,28,31)(H,25,26,32). The molecule has 10 nitrogen and oxygen atoms in total. The van der Waals surface area contributed by atoms with Gasteiger partial charge in [-0.05, 0) is 50.1 Å². The zero-order valence-corrected chi connectivity index (χ0v) is 19.8. The Morgan fingerprint density at radius 2 is 1.97 bits per heavy atom. The number of piperidine rings is 1. The lowest BCUT2D eigenvalue weighted by molar-refractivity contribution is 0.102. The van der Waals surface area contributed by atoms with Gasteiger partial charge in [0.05, 0.1) is 28.8 Å². The zero-order valence-electron chi connectivity index (χ0n) is 19.0. The van der Waals surface area contributed by atoms with Crippen molar-refractivity contribution in [2.45, 2.75) is 37.1 Å². The first-order valence-electron chi connectivity index (χ1n) is 11.3. The number of H-pyrrole nitrogens is 1. The second-order valence-corrected chi connectivity index (χ2v) is 10.4. The monoisotopic (exact) mass is 492 g/mol. The molecule has 2 aromatic carbocycles. The number of para-hydroxylation sites is 2. The van der Waals surface area contributed by atoms with Gasteiger partial charge in [0, 0.05) is 18.2 Å². The van der Waals surface area contributed by atoms with Crippen molar-refractivity contribution >= 4 is 32.7 Å². The molecule has 35 heavy (non-hydrogen) atoms.